The Morgan fingerprint density at radius 1 is 1.44 bits per heavy atom. The highest BCUT2D eigenvalue weighted by atomic mass is 16.5. The molecule has 3 rings (SSSR count). The maximum absolute atomic E-state index is 12.5. The number of carbonyl (C=O) groups excluding carboxylic acids is 2. The highest BCUT2D eigenvalue weighted by Gasteiger charge is 2.38. The maximum Gasteiger partial charge on any atom is 0.326 e. The van der Waals surface area contributed by atoms with Crippen LogP contribution in [0.2, 0.25) is 0 Å². The van der Waals surface area contributed by atoms with E-state index >= 15 is 0 Å². The van der Waals surface area contributed by atoms with Crippen LogP contribution in [0.4, 0.5) is 0 Å². The van der Waals surface area contributed by atoms with Crippen LogP contribution in [0.1, 0.15) is 25.0 Å². The number of rotatable bonds is 6. The average molecular weight is 350 g/mol. The molecule has 136 valence electrons. The van der Waals surface area contributed by atoms with E-state index in [2.05, 4.69) is 5.32 Å². The summed E-state index contributed by atoms with van der Waals surface area (Å²) in [5.41, 5.74) is 0. The Kier molecular flexibility index (Phi) is 5.37. The Morgan fingerprint density at radius 3 is 2.92 bits per heavy atom. The van der Waals surface area contributed by atoms with Crippen LogP contribution in [0.25, 0.3) is 0 Å². The van der Waals surface area contributed by atoms with Gasteiger partial charge in [-0.1, -0.05) is 0 Å². The second kappa shape index (κ2) is 7.69. The van der Waals surface area contributed by atoms with Gasteiger partial charge < -0.3 is 24.5 Å². The molecule has 1 aromatic rings. The van der Waals surface area contributed by atoms with Crippen molar-refractivity contribution in [1.82, 2.24) is 10.2 Å². The lowest BCUT2D eigenvalue weighted by atomic mass is 9.93. The number of hydrogen-bond acceptors (Lipinski definition) is 5. The van der Waals surface area contributed by atoms with Gasteiger partial charge in [0.25, 0.3) is 0 Å². The number of amides is 2. The fourth-order valence-corrected chi connectivity index (χ4v) is 3.37. The van der Waals surface area contributed by atoms with Crippen LogP contribution >= 0.6 is 0 Å². The molecule has 0 bridgehead atoms. The normalized spacial score (nSPS) is 25.0. The molecule has 0 spiro atoms. The fourth-order valence-electron chi connectivity index (χ4n) is 3.37. The number of ether oxygens (including phenoxy) is 1. The predicted octanol–water partition coefficient (Wildman–Crippen LogP) is 0.624. The predicted molar refractivity (Wildman–Crippen MR) is 85.3 cm³/mol. The molecule has 25 heavy (non-hydrogen) atoms. The molecule has 0 saturated carbocycles. The minimum Gasteiger partial charge on any atom is -0.480 e. The van der Waals surface area contributed by atoms with Crippen LogP contribution in [0.15, 0.2) is 22.8 Å². The molecular formula is C17H22N2O6. The molecule has 2 aliphatic heterocycles. The first-order valence-electron chi connectivity index (χ1n) is 8.45. The van der Waals surface area contributed by atoms with Gasteiger partial charge in [0.2, 0.25) is 11.8 Å². The summed E-state index contributed by atoms with van der Waals surface area (Å²) in [5, 5.41) is 12.0. The Balaban J connectivity index is 1.58. The van der Waals surface area contributed by atoms with Gasteiger partial charge in [-0.2, -0.15) is 0 Å². The third-order valence-corrected chi connectivity index (χ3v) is 4.74. The molecule has 0 radical (unpaired) electrons. The van der Waals surface area contributed by atoms with E-state index in [1.54, 1.807) is 17.0 Å². The smallest absolute Gasteiger partial charge is 0.326 e. The Bertz CT molecular complexity index is 623. The zero-order valence-electron chi connectivity index (χ0n) is 13.8. The van der Waals surface area contributed by atoms with Gasteiger partial charge >= 0.3 is 5.97 Å². The van der Waals surface area contributed by atoms with Gasteiger partial charge in [0.15, 0.2) is 0 Å². The third-order valence-electron chi connectivity index (χ3n) is 4.74. The van der Waals surface area contributed by atoms with Gasteiger partial charge in [0.1, 0.15) is 11.8 Å². The van der Waals surface area contributed by atoms with Crippen LogP contribution in [0.5, 0.6) is 0 Å². The number of carbonyl (C=O) groups is 3. The summed E-state index contributed by atoms with van der Waals surface area (Å²) < 4.78 is 10.6. The van der Waals surface area contributed by atoms with Gasteiger partial charge in [-0.25, -0.2) is 4.79 Å². The minimum absolute atomic E-state index is 0.0834. The van der Waals surface area contributed by atoms with Crippen molar-refractivity contribution in [3.05, 3.63) is 24.2 Å². The van der Waals surface area contributed by atoms with Gasteiger partial charge in [-0.05, 0) is 25.0 Å². The lowest BCUT2D eigenvalue weighted by molar-refractivity contribution is -0.145. The molecule has 2 amide bonds. The lowest BCUT2D eigenvalue weighted by Crippen LogP contribution is -2.50. The first kappa shape index (κ1) is 17.5. The molecule has 0 aromatic carbocycles. The first-order valence-corrected chi connectivity index (χ1v) is 8.45. The quantitative estimate of drug-likeness (QED) is 0.779. The number of furan rings is 1. The van der Waals surface area contributed by atoms with Gasteiger partial charge in [-0.15, -0.1) is 0 Å². The highest BCUT2D eigenvalue weighted by Crippen LogP contribution is 2.22. The molecule has 3 unspecified atom stereocenters. The molecular weight excluding hydrogens is 328 g/mol. The molecule has 0 aliphatic carbocycles. The van der Waals surface area contributed by atoms with Crippen molar-refractivity contribution < 1.29 is 28.6 Å². The van der Waals surface area contributed by atoms with Crippen molar-refractivity contribution in [3.63, 3.8) is 0 Å². The van der Waals surface area contributed by atoms with Crippen LogP contribution in [-0.2, 0) is 25.7 Å². The summed E-state index contributed by atoms with van der Waals surface area (Å²) in [7, 11) is 0. The van der Waals surface area contributed by atoms with E-state index < -0.39 is 23.8 Å². The van der Waals surface area contributed by atoms with E-state index in [9.17, 15) is 19.5 Å². The van der Waals surface area contributed by atoms with E-state index in [-0.39, 0.29) is 24.8 Å². The number of nitrogens with one attached hydrogen (secondary N) is 1. The van der Waals surface area contributed by atoms with E-state index in [4.69, 9.17) is 9.15 Å². The van der Waals surface area contributed by atoms with Crippen molar-refractivity contribution in [2.45, 2.75) is 31.8 Å². The molecule has 2 N–H and O–H groups in total. The Morgan fingerprint density at radius 2 is 2.28 bits per heavy atom. The minimum atomic E-state index is -1.07. The summed E-state index contributed by atoms with van der Waals surface area (Å²) >= 11 is 0. The molecule has 3 heterocycles. The second-order valence-electron chi connectivity index (χ2n) is 6.56. The SMILES string of the molecule is O=C(NC(C(=O)O)C1CCCOC1)C1CC(=O)N(Cc2ccco2)C1. The highest BCUT2D eigenvalue weighted by molar-refractivity contribution is 5.91. The van der Waals surface area contributed by atoms with Crippen molar-refractivity contribution >= 4 is 17.8 Å². The third kappa shape index (κ3) is 4.19. The Labute approximate surface area is 145 Å². The van der Waals surface area contributed by atoms with E-state index in [1.807, 2.05) is 0 Å². The number of carboxylic acid groups (broad SMARTS) is 1. The van der Waals surface area contributed by atoms with E-state index in [0.29, 0.717) is 31.9 Å². The zero-order chi connectivity index (χ0) is 17.8. The van der Waals surface area contributed by atoms with Crippen molar-refractivity contribution in [2.24, 2.45) is 11.8 Å². The number of hydrogen-bond donors (Lipinski definition) is 2. The van der Waals surface area contributed by atoms with Crippen molar-refractivity contribution in [1.29, 1.82) is 0 Å². The topological polar surface area (TPSA) is 109 Å². The summed E-state index contributed by atoms with van der Waals surface area (Å²) in [6, 6.07) is 2.52. The summed E-state index contributed by atoms with van der Waals surface area (Å²) in [4.78, 5) is 37.7. The Hall–Kier alpha value is -2.35. The van der Waals surface area contributed by atoms with Crippen LogP contribution in [-0.4, -0.2) is 53.6 Å². The van der Waals surface area contributed by atoms with Crippen molar-refractivity contribution in [2.75, 3.05) is 19.8 Å². The molecule has 2 saturated heterocycles. The first-order chi connectivity index (χ1) is 12.0. The molecule has 8 heteroatoms. The zero-order valence-corrected chi connectivity index (χ0v) is 13.8. The monoisotopic (exact) mass is 350 g/mol. The average Bonchev–Trinajstić information content (AvgIpc) is 3.24. The fraction of sp³-hybridized carbons (Fsp3) is 0.588. The standard InChI is InChI=1S/C17H22N2O6/c20-14-7-12(8-19(14)9-13-4-2-6-25-13)16(21)18-15(17(22)23)11-3-1-5-24-10-11/h2,4,6,11-12,15H,1,3,5,7-10H2,(H,18,21)(H,22,23). The largest absolute Gasteiger partial charge is 0.480 e. The maximum atomic E-state index is 12.5. The number of nitrogens with zero attached hydrogens (tertiary/aromatic N) is 1. The second-order valence-corrected chi connectivity index (χ2v) is 6.56. The number of likely N-dealkylation sites (tertiary alicyclic amines) is 1. The number of aliphatic carboxylic acids is 1. The van der Waals surface area contributed by atoms with Gasteiger partial charge in [0.05, 0.1) is 25.3 Å². The summed E-state index contributed by atoms with van der Waals surface area (Å²) in [6.45, 7) is 1.52. The lowest BCUT2D eigenvalue weighted by Gasteiger charge is -2.28. The van der Waals surface area contributed by atoms with Gasteiger partial charge in [-0.3, -0.25) is 9.59 Å². The van der Waals surface area contributed by atoms with Crippen LogP contribution in [0, 0.1) is 11.8 Å². The molecule has 8 nitrogen and oxygen atoms in total. The van der Waals surface area contributed by atoms with E-state index in [0.717, 1.165) is 6.42 Å². The molecule has 2 aliphatic rings. The van der Waals surface area contributed by atoms with Crippen LogP contribution < -0.4 is 5.32 Å². The van der Waals surface area contributed by atoms with Crippen molar-refractivity contribution in [3.8, 4) is 0 Å². The molecule has 2 fully saturated rings. The molecule has 1 aromatic heterocycles. The van der Waals surface area contributed by atoms with E-state index in [1.165, 1.54) is 6.26 Å². The van der Waals surface area contributed by atoms with Crippen LogP contribution in [0.3, 0.4) is 0 Å². The van der Waals surface area contributed by atoms with Gasteiger partial charge in [0, 0.05) is 25.5 Å². The summed E-state index contributed by atoms with van der Waals surface area (Å²) in [6.07, 6.45) is 3.10. The molecule has 3 atom stereocenters. The summed E-state index contributed by atoms with van der Waals surface area (Å²) in [5.74, 6) is -1.74. The number of carboxylic acids is 1.